The van der Waals surface area contributed by atoms with Gasteiger partial charge in [0.15, 0.2) is 0 Å². The average Bonchev–Trinajstić information content (AvgIpc) is 2.22. The van der Waals surface area contributed by atoms with Crippen molar-refractivity contribution in [1.29, 1.82) is 0 Å². The summed E-state index contributed by atoms with van der Waals surface area (Å²) in [5.74, 6) is -2.28. The first-order valence-corrected chi connectivity index (χ1v) is 5.17. The second kappa shape index (κ2) is 7.64. The Morgan fingerprint density at radius 3 is 2.65 bits per heavy atom. The number of carbonyl (C=O) groups excluding carboxylic acids is 1. The van der Waals surface area contributed by atoms with Gasteiger partial charge in [-0.05, 0) is 12.1 Å². The van der Waals surface area contributed by atoms with Gasteiger partial charge >= 0.3 is 0 Å². The summed E-state index contributed by atoms with van der Waals surface area (Å²) < 4.78 is 25.6. The number of hydrogen-bond donors (Lipinski definition) is 1. The molecule has 0 aliphatic heterocycles. The number of rotatable bonds is 4. The van der Waals surface area contributed by atoms with E-state index in [2.05, 4.69) is 5.32 Å². The number of thiocarbonyl (C=S) groups is 1. The Morgan fingerprint density at radius 1 is 1.47 bits per heavy atom. The molecule has 6 heteroatoms. The minimum Gasteiger partial charge on any atom is -0.372 e. The molecular weight excluding hydrogens is 280 g/mol. The molecule has 1 amide bonds. The SMILES string of the molecule is CCCC(=S)C(=O)Nc1ccc(F)[c-]c1F.[Ti]. The molecule has 1 aromatic rings. The van der Waals surface area contributed by atoms with Crippen molar-refractivity contribution < 1.29 is 35.3 Å². The number of nitrogens with one attached hydrogen (secondary N) is 1. The Hall–Kier alpha value is -0.646. The second-order valence-corrected chi connectivity index (χ2v) is 3.65. The summed E-state index contributed by atoms with van der Waals surface area (Å²) >= 11 is 4.83. The molecule has 0 aliphatic carbocycles. The minimum atomic E-state index is -0.937. The molecular formula is C11H10F2NOSTi-. The summed E-state index contributed by atoms with van der Waals surface area (Å²) in [6.07, 6.45) is 1.21. The topological polar surface area (TPSA) is 29.1 Å². The third kappa shape index (κ3) is 5.02. The molecule has 0 unspecified atom stereocenters. The molecule has 90 valence electrons. The predicted molar refractivity (Wildman–Crippen MR) is 61.3 cm³/mol. The van der Waals surface area contributed by atoms with E-state index in [4.69, 9.17) is 12.2 Å². The first kappa shape index (κ1) is 16.4. The Labute approximate surface area is 119 Å². The van der Waals surface area contributed by atoms with E-state index in [0.717, 1.165) is 18.6 Å². The van der Waals surface area contributed by atoms with Gasteiger partial charge in [0.1, 0.15) is 0 Å². The molecule has 1 rings (SSSR count). The van der Waals surface area contributed by atoms with Crippen LogP contribution >= 0.6 is 12.2 Å². The maximum Gasteiger partial charge on any atom is 0.251 e. The smallest absolute Gasteiger partial charge is 0.251 e. The molecule has 0 fully saturated rings. The van der Waals surface area contributed by atoms with Crippen molar-refractivity contribution in [2.24, 2.45) is 0 Å². The second-order valence-electron chi connectivity index (χ2n) is 3.16. The number of amides is 1. The number of anilines is 1. The average molecular weight is 290 g/mol. The van der Waals surface area contributed by atoms with Crippen LogP contribution in [0.25, 0.3) is 0 Å². The van der Waals surface area contributed by atoms with Crippen molar-refractivity contribution >= 4 is 28.7 Å². The molecule has 0 saturated carbocycles. The molecule has 0 saturated heterocycles. The Balaban J connectivity index is 0.00000256. The Morgan fingerprint density at radius 2 is 2.12 bits per heavy atom. The third-order valence-electron chi connectivity index (χ3n) is 1.84. The molecule has 1 aromatic carbocycles. The van der Waals surface area contributed by atoms with Gasteiger partial charge in [0.2, 0.25) is 0 Å². The zero-order chi connectivity index (χ0) is 12.1. The quantitative estimate of drug-likeness (QED) is 0.525. The van der Waals surface area contributed by atoms with E-state index >= 15 is 0 Å². The Kier molecular flexibility index (Phi) is 7.35. The molecule has 0 radical (unpaired) electrons. The van der Waals surface area contributed by atoms with Crippen LogP contribution in [-0.4, -0.2) is 10.8 Å². The molecule has 17 heavy (non-hydrogen) atoms. The molecule has 2 nitrogen and oxygen atoms in total. The van der Waals surface area contributed by atoms with Gasteiger partial charge in [-0.3, -0.25) is 4.79 Å². The van der Waals surface area contributed by atoms with E-state index in [1.54, 1.807) is 0 Å². The summed E-state index contributed by atoms with van der Waals surface area (Å²) in [5.41, 5.74) is -0.121. The first-order valence-electron chi connectivity index (χ1n) is 4.76. The van der Waals surface area contributed by atoms with Crippen molar-refractivity contribution in [3.63, 3.8) is 0 Å². The van der Waals surface area contributed by atoms with Crippen LogP contribution in [0.15, 0.2) is 12.1 Å². The van der Waals surface area contributed by atoms with Gasteiger partial charge in [-0.15, -0.1) is 18.2 Å². The summed E-state index contributed by atoms with van der Waals surface area (Å²) in [6.45, 7) is 1.88. The van der Waals surface area contributed by atoms with E-state index in [-0.39, 0.29) is 32.3 Å². The number of hydrogen-bond acceptors (Lipinski definition) is 2. The fourth-order valence-electron chi connectivity index (χ4n) is 1.07. The molecule has 0 aliphatic rings. The van der Waals surface area contributed by atoms with Crippen LogP contribution in [0.1, 0.15) is 19.8 Å². The summed E-state index contributed by atoms with van der Waals surface area (Å²) in [6, 6.07) is 3.97. The maximum absolute atomic E-state index is 13.1. The molecule has 0 spiro atoms. The van der Waals surface area contributed by atoms with Crippen molar-refractivity contribution in [3.8, 4) is 0 Å². The van der Waals surface area contributed by atoms with E-state index in [0.29, 0.717) is 6.42 Å². The van der Waals surface area contributed by atoms with Crippen LogP contribution in [0.2, 0.25) is 0 Å². The van der Waals surface area contributed by atoms with Gasteiger partial charge in [0.05, 0.1) is 4.86 Å². The van der Waals surface area contributed by atoms with E-state index in [9.17, 15) is 13.6 Å². The van der Waals surface area contributed by atoms with Gasteiger partial charge in [0, 0.05) is 33.4 Å². The van der Waals surface area contributed by atoms with Gasteiger partial charge < -0.3 is 5.32 Å². The standard InChI is InChI=1S/C11H10F2NOS.Ti/c1-2-3-10(16)11(15)14-9-5-4-7(12)6-8(9)13;/h4-5H,2-3H2,1H3,(H,14,15);/q-1;. The Bertz CT molecular complexity index is 426. The largest absolute Gasteiger partial charge is 0.372 e. The van der Waals surface area contributed by atoms with Gasteiger partial charge in [-0.1, -0.05) is 25.6 Å². The summed E-state index contributed by atoms with van der Waals surface area (Å²) in [5, 5.41) is 2.27. The van der Waals surface area contributed by atoms with Crippen LogP contribution in [0.3, 0.4) is 0 Å². The summed E-state index contributed by atoms with van der Waals surface area (Å²) in [7, 11) is 0. The van der Waals surface area contributed by atoms with Crippen LogP contribution in [0.5, 0.6) is 0 Å². The number of carbonyl (C=O) groups is 1. The molecule has 0 bridgehead atoms. The fourth-order valence-corrected chi connectivity index (χ4v) is 1.33. The van der Waals surface area contributed by atoms with Crippen LogP contribution in [-0.2, 0) is 26.5 Å². The van der Waals surface area contributed by atoms with Gasteiger partial charge in [-0.25, -0.2) is 8.78 Å². The molecule has 0 atom stereocenters. The number of benzene rings is 1. The van der Waals surface area contributed by atoms with Crippen LogP contribution in [0, 0.1) is 17.7 Å². The number of halogens is 2. The minimum absolute atomic E-state index is 0. The molecule has 0 aromatic heterocycles. The van der Waals surface area contributed by atoms with E-state index in [1.165, 1.54) is 0 Å². The first-order chi connectivity index (χ1) is 7.54. The van der Waals surface area contributed by atoms with E-state index in [1.807, 2.05) is 13.0 Å². The predicted octanol–water partition coefficient (Wildman–Crippen LogP) is 2.87. The molecule has 1 N–H and O–H groups in total. The van der Waals surface area contributed by atoms with Crippen molar-refractivity contribution in [2.45, 2.75) is 19.8 Å². The molecule has 0 heterocycles. The van der Waals surface area contributed by atoms with Crippen LogP contribution < -0.4 is 5.32 Å². The zero-order valence-corrected chi connectivity index (χ0v) is 11.5. The van der Waals surface area contributed by atoms with E-state index < -0.39 is 17.5 Å². The van der Waals surface area contributed by atoms with Gasteiger partial charge in [0.25, 0.3) is 5.91 Å². The maximum atomic E-state index is 13.1. The third-order valence-corrected chi connectivity index (χ3v) is 2.23. The normalized spacial score (nSPS) is 9.35. The van der Waals surface area contributed by atoms with Crippen molar-refractivity contribution in [1.82, 2.24) is 0 Å². The zero-order valence-electron chi connectivity index (χ0n) is 9.14. The summed E-state index contributed by atoms with van der Waals surface area (Å²) in [4.78, 5) is 11.6. The fraction of sp³-hybridized carbons (Fsp3) is 0.273. The van der Waals surface area contributed by atoms with Crippen LogP contribution in [0.4, 0.5) is 14.5 Å². The van der Waals surface area contributed by atoms with Crippen molar-refractivity contribution in [2.75, 3.05) is 5.32 Å². The van der Waals surface area contributed by atoms with Gasteiger partial charge in [-0.2, -0.15) is 0 Å². The monoisotopic (exact) mass is 290 g/mol. The van der Waals surface area contributed by atoms with Crippen molar-refractivity contribution in [3.05, 3.63) is 29.8 Å².